The van der Waals surface area contributed by atoms with Gasteiger partial charge in [-0.2, -0.15) is 5.10 Å². The molecule has 0 atom stereocenters. The van der Waals surface area contributed by atoms with E-state index >= 15 is 0 Å². The van der Waals surface area contributed by atoms with Crippen LogP contribution in [0.1, 0.15) is 32.6 Å². The number of amides is 1. The lowest BCUT2D eigenvalue weighted by Gasteiger charge is -2.02. The molecule has 0 aliphatic carbocycles. The maximum Gasteiger partial charge on any atom is 0.348 e. The van der Waals surface area contributed by atoms with Crippen molar-refractivity contribution in [3.05, 3.63) is 34.5 Å². The second-order valence-corrected chi connectivity index (χ2v) is 5.19. The Labute approximate surface area is 120 Å². The van der Waals surface area contributed by atoms with E-state index in [-0.39, 0.29) is 11.9 Å². The Morgan fingerprint density at radius 1 is 1.50 bits per heavy atom. The van der Waals surface area contributed by atoms with Gasteiger partial charge in [-0.3, -0.25) is 9.48 Å². The lowest BCUT2D eigenvalue weighted by Crippen LogP contribution is -2.15. The molecule has 0 spiro atoms. The van der Waals surface area contributed by atoms with Crippen LogP contribution in [0.5, 0.6) is 0 Å². The molecule has 0 unspecified atom stereocenters. The first kappa shape index (κ1) is 14.3. The van der Waals surface area contributed by atoms with Gasteiger partial charge in [-0.05, 0) is 31.5 Å². The summed E-state index contributed by atoms with van der Waals surface area (Å²) in [4.78, 5) is 24.2. The fraction of sp³-hybridized carbons (Fsp3) is 0.308. The molecule has 0 bridgehead atoms. The number of ether oxygens (including phenoxy) is 1. The van der Waals surface area contributed by atoms with E-state index in [1.807, 2.05) is 6.92 Å². The van der Waals surface area contributed by atoms with E-state index in [2.05, 4.69) is 10.4 Å². The number of esters is 1. The summed E-state index contributed by atoms with van der Waals surface area (Å²) in [5.41, 5.74) is 1.24. The van der Waals surface area contributed by atoms with Crippen molar-refractivity contribution in [2.24, 2.45) is 7.05 Å². The Bertz CT molecular complexity index is 645. The normalized spacial score (nSPS) is 10.3. The van der Waals surface area contributed by atoms with Crippen molar-refractivity contribution in [2.75, 3.05) is 11.9 Å². The molecule has 2 aromatic rings. The topological polar surface area (TPSA) is 73.2 Å². The number of carbonyl (C=O) groups is 2. The van der Waals surface area contributed by atoms with Gasteiger partial charge in [0, 0.05) is 13.2 Å². The molecule has 1 N–H and O–H groups in total. The summed E-state index contributed by atoms with van der Waals surface area (Å²) in [7, 11) is 1.69. The van der Waals surface area contributed by atoms with Gasteiger partial charge in [-0.15, -0.1) is 11.3 Å². The molecule has 0 aliphatic heterocycles. The molecule has 0 aliphatic rings. The highest BCUT2D eigenvalue weighted by Crippen LogP contribution is 2.27. The summed E-state index contributed by atoms with van der Waals surface area (Å²) in [5.74, 6) is -0.627. The maximum absolute atomic E-state index is 12.0. The smallest absolute Gasteiger partial charge is 0.348 e. The van der Waals surface area contributed by atoms with Crippen molar-refractivity contribution in [3.63, 3.8) is 0 Å². The van der Waals surface area contributed by atoms with E-state index in [0.29, 0.717) is 22.2 Å². The number of hydrogen-bond acceptors (Lipinski definition) is 5. The minimum Gasteiger partial charge on any atom is -0.462 e. The molecule has 106 valence electrons. The first-order valence-electron chi connectivity index (χ1n) is 6.09. The highest BCUT2D eigenvalue weighted by molar-refractivity contribution is 7.18. The lowest BCUT2D eigenvalue weighted by molar-refractivity contribution is 0.0531. The predicted molar refractivity (Wildman–Crippen MR) is 76.2 cm³/mol. The summed E-state index contributed by atoms with van der Waals surface area (Å²) in [6.07, 6.45) is 1.55. The molecule has 0 aromatic carbocycles. The van der Waals surface area contributed by atoms with Crippen LogP contribution in [-0.4, -0.2) is 28.3 Å². The first-order chi connectivity index (χ1) is 9.52. The van der Waals surface area contributed by atoms with Crippen molar-refractivity contribution in [1.29, 1.82) is 0 Å². The minimum absolute atomic E-state index is 0.262. The van der Waals surface area contributed by atoms with Crippen LogP contribution in [-0.2, 0) is 11.8 Å². The third kappa shape index (κ3) is 2.88. The van der Waals surface area contributed by atoms with Crippen LogP contribution in [0.2, 0.25) is 0 Å². The van der Waals surface area contributed by atoms with Gasteiger partial charge in [0.1, 0.15) is 10.6 Å². The first-order valence-corrected chi connectivity index (χ1v) is 6.91. The number of nitrogens with one attached hydrogen (secondary N) is 1. The van der Waals surface area contributed by atoms with Gasteiger partial charge in [0.15, 0.2) is 0 Å². The van der Waals surface area contributed by atoms with Crippen LogP contribution < -0.4 is 5.32 Å². The molecule has 6 nitrogen and oxygen atoms in total. The Morgan fingerprint density at radius 2 is 2.25 bits per heavy atom. The zero-order valence-corrected chi connectivity index (χ0v) is 12.3. The van der Waals surface area contributed by atoms with Gasteiger partial charge >= 0.3 is 5.97 Å². The molecule has 0 fully saturated rings. The van der Waals surface area contributed by atoms with Crippen LogP contribution in [0.3, 0.4) is 0 Å². The van der Waals surface area contributed by atoms with Crippen LogP contribution in [0, 0.1) is 6.92 Å². The van der Waals surface area contributed by atoms with Crippen molar-refractivity contribution in [3.8, 4) is 0 Å². The summed E-state index contributed by atoms with van der Waals surface area (Å²) in [6, 6.07) is 3.38. The van der Waals surface area contributed by atoms with Crippen molar-refractivity contribution in [2.45, 2.75) is 13.8 Å². The van der Waals surface area contributed by atoms with E-state index in [0.717, 1.165) is 5.56 Å². The third-order valence-electron chi connectivity index (χ3n) is 2.67. The molecule has 2 heterocycles. The van der Waals surface area contributed by atoms with E-state index in [1.165, 1.54) is 16.0 Å². The Balaban J connectivity index is 2.15. The monoisotopic (exact) mass is 293 g/mol. The fourth-order valence-electron chi connectivity index (χ4n) is 1.72. The largest absolute Gasteiger partial charge is 0.462 e. The Kier molecular flexibility index (Phi) is 4.19. The maximum atomic E-state index is 12.0. The van der Waals surface area contributed by atoms with E-state index < -0.39 is 0 Å². The predicted octanol–water partition coefficient (Wildman–Crippen LogP) is 2.22. The summed E-state index contributed by atoms with van der Waals surface area (Å²) >= 11 is 1.20. The highest BCUT2D eigenvalue weighted by Gasteiger charge is 2.17. The number of aryl methyl sites for hydroxylation is 2. The third-order valence-corrected chi connectivity index (χ3v) is 3.80. The number of thiophene rings is 1. The van der Waals surface area contributed by atoms with E-state index in [1.54, 1.807) is 32.3 Å². The van der Waals surface area contributed by atoms with Gasteiger partial charge in [0.25, 0.3) is 5.91 Å². The second kappa shape index (κ2) is 5.87. The number of aromatic nitrogens is 2. The molecule has 2 aromatic heterocycles. The van der Waals surface area contributed by atoms with Gasteiger partial charge in [0.05, 0.1) is 11.6 Å². The molecule has 20 heavy (non-hydrogen) atoms. The van der Waals surface area contributed by atoms with Crippen molar-refractivity contribution in [1.82, 2.24) is 9.78 Å². The summed E-state index contributed by atoms with van der Waals surface area (Å²) in [5, 5.41) is 7.30. The molecule has 0 radical (unpaired) electrons. The van der Waals surface area contributed by atoms with Crippen LogP contribution in [0.15, 0.2) is 18.3 Å². The number of nitrogens with zero attached hydrogens (tertiary/aromatic N) is 2. The molecular weight excluding hydrogens is 278 g/mol. The number of rotatable bonds is 4. The molecule has 2 rings (SSSR count). The minimum atomic E-state index is -0.365. The average Bonchev–Trinajstić information content (AvgIpc) is 2.96. The number of hydrogen-bond donors (Lipinski definition) is 1. The van der Waals surface area contributed by atoms with Gasteiger partial charge in [-0.1, -0.05) is 0 Å². The number of carbonyl (C=O) groups excluding carboxylic acids is 2. The van der Waals surface area contributed by atoms with Gasteiger partial charge in [-0.25, -0.2) is 4.79 Å². The SMILES string of the molecule is CCOC(=O)c1sc(NC(=O)c2ccnn2C)cc1C. The standard InChI is InChI=1S/C13H15N3O3S/c1-4-19-13(18)11-8(2)7-10(20-11)15-12(17)9-5-6-14-16(9)3/h5-7H,4H2,1-3H3,(H,15,17). The molecule has 7 heteroatoms. The molecular formula is C13H15N3O3S. The Hall–Kier alpha value is -2.15. The summed E-state index contributed by atoms with van der Waals surface area (Å²) in [6.45, 7) is 3.89. The Morgan fingerprint density at radius 3 is 2.85 bits per heavy atom. The van der Waals surface area contributed by atoms with E-state index in [4.69, 9.17) is 4.74 Å². The molecule has 0 saturated heterocycles. The fourth-order valence-corrected chi connectivity index (χ4v) is 2.68. The van der Waals surface area contributed by atoms with E-state index in [9.17, 15) is 9.59 Å². The highest BCUT2D eigenvalue weighted by atomic mass is 32.1. The molecule has 0 saturated carbocycles. The second-order valence-electron chi connectivity index (χ2n) is 4.14. The quantitative estimate of drug-likeness (QED) is 0.877. The van der Waals surface area contributed by atoms with Crippen LogP contribution in [0.25, 0.3) is 0 Å². The van der Waals surface area contributed by atoms with Gasteiger partial charge < -0.3 is 10.1 Å². The zero-order valence-electron chi connectivity index (χ0n) is 11.5. The average molecular weight is 293 g/mol. The van der Waals surface area contributed by atoms with Crippen molar-refractivity contribution >= 4 is 28.2 Å². The van der Waals surface area contributed by atoms with Crippen LogP contribution in [0.4, 0.5) is 5.00 Å². The molecule has 1 amide bonds. The number of anilines is 1. The summed E-state index contributed by atoms with van der Waals surface area (Å²) < 4.78 is 6.45. The lowest BCUT2D eigenvalue weighted by atomic mass is 10.3. The van der Waals surface area contributed by atoms with Crippen molar-refractivity contribution < 1.29 is 14.3 Å². The zero-order chi connectivity index (χ0) is 14.7. The van der Waals surface area contributed by atoms with Crippen LogP contribution >= 0.6 is 11.3 Å². The van der Waals surface area contributed by atoms with Gasteiger partial charge in [0.2, 0.25) is 0 Å².